The van der Waals surface area contributed by atoms with Crippen molar-refractivity contribution in [2.75, 3.05) is 6.61 Å². The van der Waals surface area contributed by atoms with Gasteiger partial charge in [0.25, 0.3) is 0 Å². The zero-order valence-electron chi connectivity index (χ0n) is 7.92. The van der Waals surface area contributed by atoms with Crippen molar-refractivity contribution in [3.63, 3.8) is 0 Å². The van der Waals surface area contributed by atoms with E-state index in [1.165, 1.54) is 12.1 Å². The molecular formula is C11H11FO2. The number of benzene rings is 1. The standard InChI is InChI=1S/C11H11FO2/c1-3-14-8(2)9-5-4-6-11(12)10(9)7-13/h4-7H,2-3H2,1H3. The Kier molecular flexibility index (Phi) is 3.40. The summed E-state index contributed by atoms with van der Waals surface area (Å²) in [6.45, 7) is 5.85. The Bertz CT molecular complexity index is 358. The van der Waals surface area contributed by atoms with Crippen LogP contribution in [0, 0.1) is 5.82 Å². The van der Waals surface area contributed by atoms with Crippen molar-refractivity contribution >= 4 is 12.0 Å². The second kappa shape index (κ2) is 4.56. The van der Waals surface area contributed by atoms with Crippen LogP contribution in [0.3, 0.4) is 0 Å². The zero-order valence-corrected chi connectivity index (χ0v) is 7.92. The van der Waals surface area contributed by atoms with Gasteiger partial charge >= 0.3 is 0 Å². The normalized spacial score (nSPS) is 9.57. The third-order valence-corrected chi connectivity index (χ3v) is 1.79. The number of carbonyl (C=O) groups is 1. The van der Waals surface area contributed by atoms with E-state index in [1.54, 1.807) is 13.0 Å². The van der Waals surface area contributed by atoms with E-state index in [2.05, 4.69) is 6.58 Å². The van der Waals surface area contributed by atoms with Crippen molar-refractivity contribution in [2.45, 2.75) is 6.92 Å². The van der Waals surface area contributed by atoms with Crippen molar-refractivity contribution in [3.8, 4) is 0 Å². The van der Waals surface area contributed by atoms with Gasteiger partial charge in [0, 0.05) is 5.56 Å². The molecule has 0 fully saturated rings. The predicted molar refractivity (Wildman–Crippen MR) is 52.4 cm³/mol. The van der Waals surface area contributed by atoms with Gasteiger partial charge in [0.05, 0.1) is 12.2 Å². The van der Waals surface area contributed by atoms with E-state index in [0.717, 1.165) is 0 Å². The molecule has 0 N–H and O–H groups in total. The Morgan fingerprint density at radius 2 is 2.36 bits per heavy atom. The van der Waals surface area contributed by atoms with E-state index < -0.39 is 5.82 Å². The van der Waals surface area contributed by atoms with Gasteiger partial charge in [-0.3, -0.25) is 4.79 Å². The molecule has 0 heterocycles. The van der Waals surface area contributed by atoms with E-state index in [4.69, 9.17) is 4.74 Å². The first-order valence-electron chi connectivity index (χ1n) is 4.26. The van der Waals surface area contributed by atoms with E-state index in [0.29, 0.717) is 24.2 Å². The molecule has 1 aromatic carbocycles. The van der Waals surface area contributed by atoms with Crippen LogP contribution < -0.4 is 0 Å². The van der Waals surface area contributed by atoms with Gasteiger partial charge in [0.1, 0.15) is 11.6 Å². The fourth-order valence-corrected chi connectivity index (χ4v) is 1.15. The molecule has 0 saturated heterocycles. The molecule has 0 aromatic heterocycles. The smallest absolute Gasteiger partial charge is 0.153 e. The van der Waals surface area contributed by atoms with E-state index in [-0.39, 0.29) is 5.56 Å². The first kappa shape index (κ1) is 10.4. The molecule has 1 rings (SSSR count). The summed E-state index contributed by atoms with van der Waals surface area (Å²) in [5.74, 6) is -0.243. The Balaban J connectivity index is 3.13. The summed E-state index contributed by atoms with van der Waals surface area (Å²) >= 11 is 0. The van der Waals surface area contributed by atoms with Gasteiger partial charge in [-0.1, -0.05) is 18.7 Å². The Morgan fingerprint density at radius 1 is 1.64 bits per heavy atom. The van der Waals surface area contributed by atoms with Crippen LogP contribution in [-0.4, -0.2) is 12.9 Å². The van der Waals surface area contributed by atoms with Crippen molar-refractivity contribution in [3.05, 3.63) is 41.7 Å². The Labute approximate surface area is 82.0 Å². The molecule has 0 aliphatic rings. The van der Waals surface area contributed by atoms with Gasteiger partial charge in [-0.05, 0) is 13.0 Å². The summed E-state index contributed by atoms with van der Waals surface area (Å²) in [4.78, 5) is 10.6. The Morgan fingerprint density at radius 3 is 2.93 bits per heavy atom. The minimum Gasteiger partial charge on any atom is -0.494 e. The van der Waals surface area contributed by atoms with Crippen LogP contribution in [0.4, 0.5) is 4.39 Å². The quantitative estimate of drug-likeness (QED) is 0.544. The van der Waals surface area contributed by atoms with Crippen LogP contribution in [-0.2, 0) is 4.74 Å². The van der Waals surface area contributed by atoms with Crippen LogP contribution in [0.2, 0.25) is 0 Å². The highest BCUT2D eigenvalue weighted by atomic mass is 19.1. The average Bonchev–Trinajstić information content (AvgIpc) is 2.17. The molecule has 0 amide bonds. The molecule has 0 spiro atoms. The van der Waals surface area contributed by atoms with Crippen molar-refractivity contribution in [1.82, 2.24) is 0 Å². The second-order valence-electron chi connectivity index (χ2n) is 2.68. The maximum atomic E-state index is 13.1. The molecule has 0 aliphatic heterocycles. The molecule has 0 radical (unpaired) electrons. The number of hydrogen-bond acceptors (Lipinski definition) is 2. The first-order chi connectivity index (χ1) is 6.70. The number of ether oxygens (including phenoxy) is 1. The van der Waals surface area contributed by atoms with Gasteiger partial charge in [0.2, 0.25) is 0 Å². The summed E-state index contributed by atoms with van der Waals surface area (Å²) in [7, 11) is 0. The van der Waals surface area contributed by atoms with Crippen LogP contribution in [0.1, 0.15) is 22.8 Å². The number of halogens is 1. The third-order valence-electron chi connectivity index (χ3n) is 1.79. The summed E-state index contributed by atoms with van der Waals surface area (Å²) in [5, 5.41) is 0. The molecule has 0 atom stereocenters. The number of aldehydes is 1. The van der Waals surface area contributed by atoms with Gasteiger partial charge in [-0.2, -0.15) is 0 Å². The molecule has 14 heavy (non-hydrogen) atoms. The van der Waals surface area contributed by atoms with Crippen LogP contribution in [0.25, 0.3) is 5.76 Å². The minimum atomic E-state index is -0.557. The highest BCUT2D eigenvalue weighted by Gasteiger charge is 2.10. The van der Waals surface area contributed by atoms with Crippen LogP contribution in [0.5, 0.6) is 0 Å². The second-order valence-corrected chi connectivity index (χ2v) is 2.68. The number of hydrogen-bond donors (Lipinski definition) is 0. The van der Waals surface area contributed by atoms with Crippen molar-refractivity contribution in [2.24, 2.45) is 0 Å². The lowest BCUT2D eigenvalue weighted by molar-refractivity contribution is 0.111. The van der Waals surface area contributed by atoms with E-state index in [9.17, 15) is 9.18 Å². The topological polar surface area (TPSA) is 26.3 Å². The van der Waals surface area contributed by atoms with Gasteiger partial charge < -0.3 is 4.74 Å². The zero-order chi connectivity index (χ0) is 10.6. The fraction of sp³-hybridized carbons (Fsp3) is 0.182. The van der Waals surface area contributed by atoms with Gasteiger partial charge in [-0.15, -0.1) is 0 Å². The molecule has 1 aromatic rings. The lowest BCUT2D eigenvalue weighted by Crippen LogP contribution is -1.98. The SMILES string of the molecule is C=C(OCC)c1cccc(F)c1C=O. The first-order valence-corrected chi connectivity index (χ1v) is 4.26. The molecular weight excluding hydrogens is 183 g/mol. The molecule has 0 unspecified atom stereocenters. The molecule has 74 valence electrons. The predicted octanol–water partition coefficient (Wildman–Crippen LogP) is 2.65. The monoisotopic (exact) mass is 194 g/mol. The third kappa shape index (κ3) is 1.99. The lowest BCUT2D eigenvalue weighted by Gasteiger charge is -2.09. The highest BCUT2D eigenvalue weighted by molar-refractivity contribution is 5.83. The van der Waals surface area contributed by atoms with Crippen LogP contribution >= 0.6 is 0 Å². The molecule has 3 heteroatoms. The summed E-state index contributed by atoms with van der Waals surface area (Å²) in [5.41, 5.74) is 0.396. The fourth-order valence-electron chi connectivity index (χ4n) is 1.15. The average molecular weight is 194 g/mol. The van der Waals surface area contributed by atoms with E-state index in [1.807, 2.05) is 0 Å². The van der Waals surface area contributed by atoms with Gasteiger partial charge in [-0.25, -0.2) is 4.39 Å². The summed E-state index contributed by atoms with van der Waals surface area (Å²) in [6.07, 6.45) is 0.467. The number of carbonyl (C=O) groups excluding carboxylic acids is 1. The largest absolute Gasteiger partial charge is 0.494 e. The minimum absolute atomic E-state index is 0.00838. The summed E-state index contributed by atoms with van der Waals surface area (Å²) < 4.78 is 18.2. The molecule has 2 nitrogen and oxygen atoms in total. The van der Waals surface area contributed by atoms with Crippen molar-refractivity contribution in [1.29, 1.82) is 0 Å². The summed E-state index contributed by atoms with van der Waals surface area (Å²) in [6, 6.07) is 4.35. The van der Waals surface area contributed by atoms with Gasteiger partial charge in [0.15, 0.2) is 6.29 Å². The number of rotatable bonds is 4. The molecule has 0 aliphatic carbocycles. The highest BCUT2D eigenvalue weighted by Crippen LogP contribution is 2.19. The molecule has 0 bridgehead atoms. The molecule has 0 saturated carbocycles. The maximum Gasteiger partial charge on any atom is 0.153 e. The maximum absolute atomic E-state index is 13.1. The Hall–Kier alpha value is -1.64. The van der Waals surface area contributed by atoms with Crippen molar-refractivity contribution < 1.29 is 13.9 Å². The van der Waals surface area contributed by atoms with Crippen LogP contribution in [0.15, 0.2) is 24.8 Å². The van der Waals surface area contributed by atoms with E-state index >= 15 is 0 Å². The lowest BCUT2D eigenvalue weighted by atomic mass is 10.1.